The van der Waals surface area contributed by atoms with Gasteiger partial charge in [0.15, 0.2) is 6.61 Å². The molecule has 0 saturated carbocycles. The topological polar surface area (TPSA) is 125 Å². The summed E-state index contributed by atoms with van der Waals surface area (Å²) in [5.74, 6) is -1.21. The molecule has 1 fully saturated rings. The average molecular weight is 586 g/mol. The third kappa shape index (κ3) is 7.88. The molecule has 2 amide bonds. The third-order valence-corrected chi connectivity index (χ3v) is 8.38. The van der Waals surface area contributed by atoms with Crippen LogP contribution in [0.2, 0.25) is 0 Å². The van der Waals surface area contributed by atoms with E-state index in [-0.39, 0.29) is 43.4 Å². The molecule has 0 radical (unpaired) electrons. The van der Waals surface area contributed by atoms with Crippen LogP contribution in [0.25, 0.3) is 0 Å². The van der Waals surface area contributed by atoms with Gasteiger partial charge in [-0.25, -0.2) is 12.8 Å². The highest BCUT2D eigenvalue weighted by atomic mass is 32.2. The van der Waals surface area contributed by atoms with Crippen molar-refractivity contribution in [3.05, 3.63) is 95.8 Å². The lowest BCUT2D eigenvalue weighted by molar-refractivity contribution is -0.143. The van der Waals surface area contributed by atoms with E-state index in [1.165, 1.54) is 57.7 Å². The highest BCUT2D eigenvalue weighted by molar-refractivity contribution is 7.89. The molecule has 1 atom stereocenters. The van der Waals surface area contributed by atoms with E-state index in [2.05, 4.69) is 5.32 Å². The molecule has 10 nitrogen and oxygen atoms in total. The first-order valence-corrected chi connectivity index (χ1v) is 14.5. The molecule has 1 aliphatic rings. The SMILES string of the molecule is O=C(NCCO)[C@@H](c1ccccc1)N(Cc1ccc(F)cc1)C(=O)COc1ccc(S(=O)(=O)N2CCOCC2)cc1. The molecule has 1 heterocycles. The molecule has 1 aliphatic heterocycles. The lowest BCUT2D eigenvalue weighted by Gasteiger charge is -2.31. The van der Waals surface area contributed by atoms with Gasteiger partial charge in [-0.3, -0.25) is 9.59 Å². The summed E-state index contributed by atoms with van der Waals surface area (Å²) < 4.78 is 51.6. The van der Waals surface area contributed by atoms with Crippen molar-refractivity contribution in [2.24, 2.45) is 0 Å². The number of morpholine rings is 1. The normalized spacial score (nSPS) is 14.7. The number of rotatable bonds is 12. The summed E-state index contributed by atoms with van der Waals surface area (Å²) >= 11 is 0. The summed E-state index contributed by atoms with van der Waals surface area (Å²) in [5, 5.41) is 11.9. The number of nitrogens with zero attached hydrogens (tertiary/aromatic N) is 2. The van der Waals surface area contributed by atoms with Crippen molar-refractivity contribution >= 4 is 21.8 Å². The fourth-order valence-electron chi connectivity index (χ4n) is 4.37. The van der Waals surface area contributed by atoms with Crippen molar-refractivity contribution in [1.29, 1.82) is 0 Å². The Morgan fingerprint density at radius 2 is 1.66 bits per heavy atom. The van der Waals surface area contributed by atoms with E-state index in [1.807, 2.05) is 0 Å². The zero-order valence-corrected chi connectivity index (χ0v) is 23.1. The number of sulfonamides is 1. The monoisotopic (exact) mass is 585 g/mol. The molecule has 0 aliphatic carbocycles. The number of hydrogen-bond acceptors (Lipinski definition) is 7. The van der Waals surface area contributed by atoms with Crippen molar-refractivity contribution < 1.29 is 37.0 Å². The van der Waals surface area contributed by atoms with Crippen LogP contribution in [-0.4, -0.2) is 80.6 Å². The number of amides is 2. The Hall–Kier alpha value is -3.84. The second-order valence-electron chi connectivity index (χ2n) is 9.25. The van der Waals surface area contributed by atoms with Crippen LogP contribution in [0.4, 0.5) is 4.39 Å². The Morgan fingerprint density at radius 3 is 2.29 bits per heavy atom. The highest BCUT2D eigenvalue weighted by Gasteiger charge is 2.32. The van der Waals surface area contributed by atoms with Crippen molar-refractivity contribution in [3.8, 4) is 5.75 Å². The maximum Gasteiger partial charge on any atom is 0.261 e. The quantitative estimate of drug-likeness (QED) is 0.334. The number of halogens is 1. The molecule has 3 aromatic carbocycles. The smallest absolute Gasteiger partial charge is 0.261 e. The summed E-state index contributed by atoms with van der Waals surface area (Å²) in [5.41, 5.74) is 1.13. The van der Waals surface area contributed by atoms with E-state index in [4.69, 9.17) is 9.47 Å². The maximum absolute atomic E-state index is 13.6. The first-order chi connectivity index (χ1) is 19.8. The minimum Gasteiger partial charge on any atom is -0.484 e. The number of carbonyl (C=O) groups excluding carboxylic acids is 2. The fourth-order valence-corrected chi connectivity index (χ4v) is 5.77. The summed E-state index contributed by atoms with van der Waals surface area (Å²) in [6, 6.07) is 19.0. The zero-order chi connectivity index (χ0) is 29.2. The van der Waals surface area contributed by atoms with Gasteiger partial charge in [-0.1, -0.05) is 42.5 Å². The molecule has 218 valence electrons. The minimum absolute atomic E-state index is 0.00302. The van der Waals surface area contributed by atoms with Crippen LogP contribution in [0.3, 0.4) is 0 Å². The number of benzene rings is 3. The van der Waals surface area contributed by atoms with Crippen molar-refractivity contribution in [2.45, 2.75) is 17.5 Å². The maximum atomic E-state index is 13.6. The Morgan fingerprint density at radius 1 is 1.00 bits per heavy atom. The zero-order valence-electron chi connectivity index (χ0n) is 22.3. The Balaban J connectivity index is 1.54. The summed E-state index contributed by atoms with van der Waals surface area (Å²) in [6.07, 6.45) is 0. The molecule has 2 N–H and O–H groups in total. The summed E-state index contributed by atoms with van der Waals surface area (Å²) in [6.45, 7) is 0.452. The van der Waals surface area contributed by atoms with Gasteiger partial charge in [0.2, 0.25) is 15.9 Å². The summed E-state index contributed by atoms with van der Waals surface area (Å²) in [4.78, 5) is 28.3. The fraction of sp³-hybridized carbons (Fsp3) is 0.310. The van der Waals surface area contributed by atoms with Crippen LogP contribution >= 0.6 is 0 Å². The van der Waals surface area contributed by atoms with Gasteiger partial charge >= 0.3 is 0 Å². The van der Waals surface area contributed by atoms with Gasteiger partial charge in [0, 0.05) is 26.2 Å². The van der Waals surface area contributed by atoms with Gasteiger partial charge in [-0.15, -0.1) is 0 Å². The van der Waals surface area contributed by atoms with E-state index in [0.29, 0.717) is 24.3 Å². The Kier molecular flexibility index (Phi) is 10.4. The van der Waals surface area contributed by atoms with E-state index in [9.17, 15) is 27.5 Å². The first-order valence-electron chi connectivity index (χ1n) is 13.1. The standard InChI is InChI=1S/C29H32FN3O7S/c30-24-8-6-22(7-9-24)20-33(28(29(36)31-14-17-34)23-4-2-1-3-5-23)27(35)21-40-25-10-12-26(13-11-25)41(37,38)32-15-18-39-19-16-32/h1-13,28,34H,14-21H2,(H,31,36)/t28-/m1/s1. The van der Waals surface area contributed by atoms with Crippen molar-refractivity contribution in [1.82, 2.24) is 14.5 Å². The molecular formula is C29H32FN3O7S. The average Bonchev–Trinajstić information content (AvgIpc) is 3.00. The number of aliphatic hydroxyl groups is 1. The van der Waals surface area contributed by atoms with Gasteiger partial charge in [0.1, 0.15) is 17.6 Å². The van der Waals surface area contributed by atoms with E-state index in [0.717, 1.165) is 0 Å². The highest BCUT2D eigenvalue weighted by Crippen LogP contribution is 2.25. The van der Waals surface area contributed by atoms with Crippen LogP contribution in [0.15, 0.2) is 83.8 Å². The van der Waals surface area contributed by atoms with Crippen molar-refractivity contribution in [2.75, 3.05) is 46.1 Å². The molecule has 1 saturated heterocycles. The predicted octanol–water partition coefficient (Wildman–Crippen LogP) is 2.10. The van der Waals surface area contributed by atoms with Gasteiger partial charge in [-0.2, -0.15) is 4.31 Å². The van der Waals surface area contributed by atoms with Gasteiger partial charge in [0.25, 0.3) is 5.91 Å². The lowest BCUT2D eigenvalue weighted by atomic mass is 10.0. The largest absolute Gasteiger partial charge is 0.484 e. The molecule has 0 aromatic heterocycles. The molecule has 4 rings (SSSR count). The second kappa shape index (κ2) is 14.2. The lowest BCUT2D eigenvalue weighted by Crippen LogP contribution is -2.45. The van der Waals surface area contributed by atoms with Gasteiger partial charge < -0.3 is 24.8 Å². The predicted molar refractivity (Wildman–Crippen MR) is 148 cm³/mol. The molecule has 3 aromatic rings. The summed E-state index contributed by atoms with van der Waals surface area (Å²) in [7, 11) is -3.69. The second-order valence-corrected chi connectivity index (χ2v) is 11.2. The molecule has 0 unspecified atom stereocenters. The third-order valence-electron chi connectivity index (χ3n) is 6.47. The number of ether oxygens (including phenoxy) is 2. The molecule has 12 heteroatoms. The number of nitrogens with one attached hydrogen (secondary N) is 1. The molecule has 0 spiro atoms. The Bertz CT molecular complexity index is 1400. The van der Waals surface area contributed by atoms with E-state index >= 15 is 0 Å². The van der Waals surface area contributed by atoms with Gasteiger partial charge in [-0.05, 0) is 47.5 Å². The van der Waals surface area contributed by atoms with E-state index in [1.54, 1.807) is 30.3 Å². The molecular weight excluding hydrogens is 553 g/mol. The van der Waals surface area contributed by atoms with Gasteiger partial charge in [0.05, 0.1) is 24.7 Å². The van der Waals surface area contributed by atoms with Crippen LogP contribution in [0.1, 0.15) is 17.2 Å². The van der Waals surface area contributed by atoms with Crippen LogP contribution in [-0.2, 0) is 30.9 Å². The minimum atomic E-state index is -3.69. The van der Waals surface area contributed by atoms with Crippen LogP contribution < -0.4 is 10.1 Å². The van der Waals surface area contributed by atoms with Crippen LogP contribution in [0, 0.1) is 5.82 Å². The number of hydrogen-bond donors (Lipinski definition) is 2. The number of aliphatic hydroxyl groups excluding tert-OH is 1. The molecule has 41 heavy (non-hydrogen) atoms. The van der Waals surface area contributed by atoms with Crippen LogP contribution in [0.5, 0.6) is 5.75 Å². The Labute approximate surface area is 238 Å². The number of carbonyl (C=O) groups is 2. The van der Waals surface area contributed by atoms with E-state index < -0.39 is 40.3 Å². The molecule has 0 bridgehead atoms. The first kappa shape index (κ1) is 30.1. The van der Waals surface area contributed by atoms with Crippen molar-refractivity contribution in [3.63, 3.8) is 0 Å².